The van der Waals surface area contributed by atoms with Crippen LogP contribution in [0, 0.1) is 11.8 Å². The predicted octanol–water partition coefficient (Wildman–Crippen LogP) is 1.04. The average Bonchev–Trinajstić information content (AvgIpc) is 3.58. The summed E-state index contributed by atoms with van der Waals surface area (Å²) in [5.74, 6) is -2.30. The van der Waals surface area contributed by atoms with Crippen LogP contribution in [0.4, 0.5) is 0 Å². The third kappa shape index (κ3) is 4.18. The fraction of sp³-hybridized carbons (Fsp3) is 0.536. The van der Waals surface area contributed by atoms with E-state index in [1.807, 2.05) is 0 Å². The molecule has 0 unspecified atom stereocenters. The molecule has 3 saturated heterocycles. The second-order valence-electron chi connectivity index (χ2n) is 10.8. The number of aliphatic hydroxyl groups excluding tert-OH is 2. The number of benzene rings is 2. The number of phenols is 2. The highest BCUT2D eigenvalue weighted by Crippen LogP contribution is 2.57. The smallest absolute Gasteiger partial charge is 0.310 e. The third-order valence-electron chi connectivity index (χ3n) is 8.54. The summed E-state index contributed by atoms with van der Waals surface area (Å²) in [6.45, 7) is 1.85. The molecule has 0 spiro atoms. The minimum atomic E-state index is -1.45. The van der Waals surface area contributed by atoms with Gasteiger partial charge in [0.15, 0.2) is 35.6 Å². The van der Waals surface area contributed by atoms with Gasteiger partial charge in [0.05, 0.1) is 32.3 Å². The van der Waals surface area contributed by atoms with E-state index in [0.717, 1.165) is 0 Å². The van der Waals surface area contributed by atoms with Gasteiger partial charge in [0, 0.05) is 11.8 Å². The Balaban J connectivity index is 1.31. The molecule has 0 saturated carbocycles. The Morgan fingerprint density at radius 2 is 1.68 bits per heavy atom. The number of fused-ring (bicyclic) bond motifs is 4. The molecule has 2 aromatic rings. The van der Waals surface area contributed by atoms with E-state index in [4.69, 9.17) is 37.9 Å². The maximum Gasteiger partial charge on any atom is 0.310 e. The van der Waals surface area contributed by atoms with Crippen molar-refractivity contribution in [1.82, 2.24) is 0 Å². The number of phenolic OH excluding ortho intramolecular Hbond substituents is 2. The van der Waals surface area contributed by atoms with Crippen LogP contribution in [-0.4, -0.2) is 90.5 Å². The van der Waals surface area contributed by atoms with Gasteiger partial charge in [0.25, 0.3) is 0 Å². The number of rotatable bonds is 4. The van der Waals surface area contributed by atoms with Crippen LogP contribution >= 0.6 is 0 Å². The molecular weight excluding hydrogens is 544 g/mol. The van der Waals surface area contributed by atoms with Crippen molar-refractivity contribution in [2.45, 2.75) is 55.9 Å². The highest BCUT2D eigenvalue weighted by Gasteiger charge is 2.56. The van der Waals surface area contributed by atoms with Gasteiger partial charge in [-0.3, -0.25) is 4.79 Å². The second-order valence-corrected chi connectivity index (χ2v) is 10.8. The van der Waals surface area contributed by atoms with Gasteiger partial charge in [-0.1, -0.05) is 0 Å². The first-order valence-electron chi connectivity index (χ1n) is 13.4. The van der Waals surface area contributed by atoms with Gasteiger partial charge in [-0.2, -0.15) is 0 Å². The Kier molecular flexibility index (Phi) is 6.41. The predicted molar refractivity (Wildman–Crippen MR) is 133 cm³/mol. The lowest BCUT2D eigenvalue weighted by atomic mass is 9.66. The summed E-state index contributed by atoms with van der Waals surface area (Å²) in [4.78, 5) is 13.3. The topological polar surface area (TPSA) is 172 Å². The number of cyclic esters (lactones) is 1. The number of carbonyl (C=O) groups excluding carboxylic acids is 1. The molecule has 0 bridgehead atoms. The normalized spacial score (nSPS) is 37.1. The van der Waals surface area contributed by atoms with Crippen LogP contribution in [0.25, 0.3) is 0 Å². The molecule has 0 amide bonds. The molecule has 5 aliphatic rings. The lowest BCUT2D eigenvalue weighted by Gasteiger charge is -2.47. The number of hydrogen-bond donors (Lipinski definition) is 4. The number of aliphatic hydroxyl groups is 2. The lowest BCUT2D eigenvalue weighted by Crippen LogP contribution is -2.63. The lowest BCUT2D eigenvalue weighted by molar-refractivity contribution is -0.364. The van der Waals surface area contributed by atoms with Crippen molar-refractivity contribution in [3.8, 4) is 28.7 Å². The van der Waals surface area contributed by atoms with Crippen molar-refractivity contribution in [3.05, 3.63) is 41.0 Å². The summed E-state index contributed by atoms with van der Waals surface area (Å²) in [5, 5.41) is 42.6. The molecule has 0 radical (unpaired) electrons. The van der Waals surface area contributed by atoms with Gasteiger partial charge in [0.1, 0.15) is 24.4 Å². The SMILES string of the molecule is COc1cc([C@@H]2c3cc4c(cc3[C@@H](O[C@@H]3O[C@@H]5CO[C@@H](C)O[C@H]5[C@H](O)[C@H]3O)[C@H]3COC(=O)[C@H]23)OCO4)cc(O)c1O. The molecule has 13 nitrogen and oxygen atoms in total. The molecule has 7 rings (SSSR count). The zero-order chi connectivity index (χ0) is 28.6. The molecule has 220 valence electrons. The van der Waals surface area contributed by atoms with Crippen LogP contribution in [0.2, 0.25) is 0 Å². The average molecular weight is 575 g/mol. The van der Waals surface area contributed by atoms with E-state index in [2.05, 4.69) is 0 Å². The fourth-order valence-corrected chi connectivity index (χ4v) is 6.59. The Morgan fingerprint density at radius 1 is 0.927 bits per heavy atom. The monoisotopic (exact) mass is 574 g/mol. The molecule has 3 fully saturated rings. The number of aromatic hydroxyl groups is 2. The van der Waals surface area contributed by atoms with Gasteiger partial charge in [-0.15, -0.1) is 0 Å². The molecule has 4 N–H and O–H groups in total. The van der Waals surface area contributed by atoms with Crippen LogP contribution in [-0.2, 0) is 28.5 Å². The highest BCUT2D eigenvalue weighted by molar-refractivity contribution is 5.79. The van der Waals surface area contributed by atoms with Gasteiger partial charge in [0.2, 0.25) is 12.5 Å². The summed E-state index contributed by atoms with van der Waals surface area (Å²) in [5.41, 5.74) is 1.76. The minimum absolute atomic E-state index is 0.00920. The van der Waals surface area contributed by atoms with Crippen LogP contribution in [0.1, 0.15) is 35.6 Å². The van der Waals surface area contributed by atoms with Gasteiger partial charge in [-0.05, 0) is 47.9 Å². The Hall–Kier alpha value is -3.33. The molecule has 41 heavy (non-hydrogen) atoms. The molecule has 13 heteroatoms. The van der Waals surface area contributed by atoms with Crippen molar-refractivity contribution in [2.24, 2.45) is 11.8 Å². The van der Waals surface area contributed by atoms with Crippen molar-refractivity contribution < 1.29 is 63.1 Å². The third-order valence-corrected chi connectivity index (χ3v) is 8.54. The summed E-state index contributed by atoms with van der Waals surface area (Å²) >= 11 is 0. The highest BCUT2D eigenvalue weighted by atomic mass is 16.8. The number of carbonyl (C=O) groups is 1. The maximum absolute atomic E-state index is 13.3. The Morgan fingerprint density at radius 3 is 2.44 bits per heavy atom. The van der Waals surface area contributed by atoms with E-state index in [0.29, 0.717) is 28.2 Å². The number of ether oxygens (including phenoxy) is 8. The molecule has 2 aromatic carbocycles. The van der Waals surface area contributed by atoms with Gasteiger partial charge < -0.3 is 58.3 Å². The fourth-order valence-electron chi connectivity index (χ4n) is 6.59. The number of methoxy groups -OCH3 is 1. The van der Waals surface area contributed by atoms with Crippen LogP contribution < -0.4 is 14.2 Å². The molecular formula is C28H30O13. The first-order valence-corrected chi connectivity index (χ1v) is 13.4. The first-order chi connectivity index (χ1) is 19.7. The van der Waals surface area contributed by atoms with Crippen molar-refractivity contribution in [3.63, 3.8) is 0 Å². The van der Waals surface area contributed by atoms with Crippen molar-refractivity contribution in [2.75, 3.05) is 27.1 Å². The first kappa shape index (κ1) is 26.6. The summed E-state index contributed by atoms with van der Waals surface area (Å²) in [6.07, 6.45) is -6.91. The second kappa shape index (κ2) is 9.89. The molecule has 1 aliphatic carbocycles. The maximum atomic E-state index is 13.3. The van der Waals surface area contributed by atoms with Crippen LogP contribution in [0.3, 0.4) is 0 Å². The summed E-state index contributed by atoms with van der Waals surface area (Å²) < 4.78 is 45.7. The quantitative estimate of drug-likeness (QED) is 0.302. The van der Waals surface area contributed by atoms with Gasteiger partial charge in [-0.25, -0.2) is 0 Å². The number of hydrogen-bond acceptors (Lipinski definition) is 13. The zero-order valence-corrected chi connectivity index (χ0v) is 22.2. The largest absolute Gasteiger partial charge is 0.504 e. The van der Waals surface area contributed by atoms with E-state index in [9.17, 15) is 25.2 Å². The summed E-state index contributed by atoms with van der Waals surface area (Å²) in [7, 11) is 1.36. The molecule has 0 aromatic heterocycles. The van der Waals surface area contributed by atoms with Crippen LogP contribution in [0.5, 0.6) is 28.7 Å². The van der Waals surface area contributed by atoms with E-state index in [-0.39, 0.29) is 25.8 Å². The van der Waals surface area contributed by atoms with E-state index < -0.39 is 78.3 Å². The Labute approximate surface area is 234 Å². The molecule has 4 aliphatic heterocycles. The zero-order valence-electron chi connectivity index (χ0n) is 22.2. The standard InChI is InChI=1S/C28H30O13/c1-10-35-8-19-26(39-10)23(31)24(32)28(40-19)41-25-13-6-17-16(37-9-38-17)5-12(13)20(21-14(25)7-36-27(21)33)11-3-15(29)22(30)18(4-11)34-2/h3-6,10,14,19-21,23-26,28-32H,7-9H2,1-2H3/t10-,14+,19-,20-,21+,23-,24-,25-,26-,28+/m1/s1. The minimum Gasteiger partial charge on any atom is -0.504 e. The summed E-state index contributed by atoms with van der Waals surface area (Å²) in [6, 6.07) is 6.46. The van der Waals surface area contributed by atoms with Crippen molar-refractivity contribution in [1.29, 1.82) is 0 Å². The number of esters is 1. The van der Waals surface area contributed by atoms with E-state index in [1.165, 1.54) is 13.2 Å². The van der Waals surface area contributed by atoms with Gasteiger partial charge >= 0.3 is 5.97 Å². The molecule has 4 heterocycles. The van der Waals surface area contributed by atoms with E-state index in [1.54, 1.807) is 25.1 Å². The van der Waals surface area contributed by atoms with E-state index >= 15 is 0 Å². The van der Waals surface area contributed by atoms with Crippen molar-refractivity contribution >= 4 is 5.97 Å². The van der Waals surface area contributed by atoms with Crippen LogP contribution in [0.15, 0.2) is 24.3 Å². The molecule has 10 atom stereocenters. The Bertz CT molecular complexity index is 1360.